The molecule has 1 heterocycles. The monoisotopic (exact) mass is 234 g/mol. The van der Waals surface area contributed by atoms with Gasteiger partial charge < -0.3 is 20.9 Å². The van der Waals surface area contributed by atoms with E-state index < -0.39 is 12.0 Å². The van der Waals surface area contributed by atoms with E-state index >= 15 is 0 Å². The number of hydrogen-bond donors (Lipinski definition) is 4. The molecule has 0 amide bonds. The molecule has 2 aromatic rings. The van der Waals surface area contributed by atoms with Crippen LogP contribution < -0.4 is 5.73 Å². The van der Waals surface area contributed by atoms with Crippen LogP contribution in [-0.4, -0.2) is 27.2 Å². The van der Waals surface area contributed by atoms with E-state index in [1.54, 1.807) is 18.3 Å². The molecule has 90 valence electrons. The van der Waals surface area contributed by atoms with Crippen molar-refractivity contribution < 1.29 is 15.0 Å². The number of aliphatic carboxylic acids is 1. The average Bonchev–Trinajstić information content (AvgIpc) is 2.68. The molecule has 0 fully saturated rings. The number of aryl methyl sites for hydroxylation is 1. The molecule has 0 aliphatic rings. The zero-order valence-corrected chi connectivity index (χ0v) is 9.40. The van der Waals surface area contributed by atoms with Crippen molar-refractivity contribution >= 4 is 16.9 Å². The highest BCUT2D eigenvalue weighted by Gasteiger charge is 2.17. The van der Waals surface area contributed by atoms with Gasteiger partial charge >= 0.3 is 5.97 Å². The summed E-state index contributed by atoms with van der Waals surface area (Å²) in [5.41, 5.74) is 8.02. The number of nitrogens with one attached hydrogen (secondary N) is 1. The molecule has 1 aromatic heterocycles. The van der Waals surface area contributed by atoms with Crippen molar-refractivity contribution in [2.24, 2.45) is 5.73 Å². The topological polar surface area (TPSA) is 99.3 Å². The molecule has 0 saturated carbocycles. The molecule has 0 bridgehead atoms. The fourth-order valence-electron chi connectivity index (χ4n) is 1.92. The smallest absolute Gasteiger partial charge is 0.320 e. The third-order valence-electron chi connectivity index (χ3n) is 2.86. The molecular formula is C12H14N2O3. The number of aromatic amines is 1. The highest BCUT2D eigenvalue weighted by atomic mass is 16.4. The van der Waals surface area contributed by atoms with E-state index in [1.807, 2.05) is 6.92 Å². The number of hydrogen-bond acceptors (Lipinski definition) is 3. The molecule has 5 N–H and O–H groups in total. The van der Waals surface area contributed by atoms with E-state index in [-0.39, 0.29) is 12.2 Å². The quantitative estimate of drug-likeness (QED) is 0.639. The summed E-state index contributed by atoms with van der Waals surface area (Å²) in [4.78, 5) is 13.7. The number of phenolic OH excluding ortho intramolecular Hbond substituents is 1. The standard InChI is InChI=1S/C12H14N2O3/c1-6-2-3-9(15)10-7(5-14-11(6)10)4-8(13)12(16)17/h2-3,5,8,14-15H,4,13H2,1H3,(H,16,17)/t8-/m0/s1. The fourth-order valence-corrected chi connectivity index (χ4v) is 1.92. The van der Waals surface area contributed by atoms with E-state index in [0.29, 0.717) is 5.39 Å². The lowest BCUT2D eigenvalue weighted by Gasteiger charge is -2.06. The number of phenols is 1. The van der Waals surface area contributed by atoms with Crippen LogP contribution in [0.4, 0.5) is 0 Å². The molecule has 0 unspecified atom stereocenters. The Labute approximate surface area is 97.9 Å². The van der Waals surface area contributed by atoms with Gasteiger partial charge in [-0.15, -0.1) is 0 Å². The minimum atomic E-state index is -1.05. The summed E-state index contributed by atoms with van der Waals surface area (Å²) in [5, 5.41) is 19.2. The minimum absolute atomic E-state index is 0.138. The predicted octanol–water partition coefficient (Wildman–Crippen LogP) is 1.14. The third kappa shape index (κ3) is 1.97. The van der Waals surface area contributed by atoms with Crippen LogP contribution in [0, 0.1) is 6.92 Å². The van der Waals surface area contributed by atoms with Crippen molar-refractivity contribution in [2.75, 3.05) is 0 Å². The second-order valence-corrected chi connectivity index (χ2v) is 4.11. The van der Waals surface area contributed by atoms with Crippen molar-refractivity contribution in [1.82, 2.24) is 4.98 Å². The normalized spacial score (nSPS) is 12.8. The van der Waals surface area contributed by atoms with Crippen LogP contribution in [0.2, 0.25) is 0 Å². The summed E-state index contributed by atoms with van der Waals surface area (Å²) < 4.78 is 0. The van der Waals surface area contributed by atoms with Gasteiger partial charge in [0.2, 0.25) is 0 Å². The number of benzene rings is 1. The lowest BCUT2D eigenvalue weighted by molar-refractivity contribution is -0.138. The lowest BCUT2D eigenvalue weighted by atomic mass is 10.0. The molecule has 1 aromatic carbocycles. The van der Waals surface area contributed by atoms with Crippen LogP contribution in [0.15, 0.2) is 18.3 Å². The molecule has 0 radical (unpaired) electrons. The average molecular weight is 234 g/mol. The van der Waals surface area contributed by atoms with Crippen molar-refractivity contribution in [2.45, 2.75) is 19.4 Å². The van der Waals surface area contributed by atoms with Crippen LogP contribution in [0.3, 0.4) is 0 Å². The number of H-pyrrole nitrogens is 1. The zero-order valence-electron chi connectivity index (χ0n) is 9.40. The van der Waals surface area contributed by atoms with Gasteiger partial charge in [0.1, 0.15) is 11.8 Å². The van der Waals surface area contributed by atoms with Crippen LogP contribution in [0.5, 0.6) is 5.75 Å². The zero-order chi connectivity index (χ0) is 12.6. The van der Waals surface area contributed by atoms with Gasteiger partial charge in [0.25, 0.3) is 0 Å². The summed E-state index contributed by atoms with van der Waals surface area (Å²) >= 11 is 0. The van der Waals surface area contributed by atoms with Crippen LogP contribution >= 0.6 is 0 Å². The minimum Gasteiger partial charge on any atom is -0.507 e. The SMILES string of the molecule is Cc1ccc(O)c2c(C[C@H](N)C(=O)O)c[nH]c12. The number of carboxylic acid groups (broad SMARTS) is 1. The molecule has 5 nitrogen and oxygen atoms in total. The summed E-state index contributed by atoms with van der Waals surface area (Å²) in [6.07, 6.45) is 1.88. The van der Waals surface area contributed by atoms with Gasteiger partial charge in [-0.2, -0.15) is 0 Å². The van der Waals surface area contributed by atoms with Gasteiger partial charge in [0.05, 0.1) is 5.52 Å². The Balaban J connectivity index is 2.49. The maximum Gasteiger partial charge on any atom is 0.320 e. The molecule has 1 atom stereocenters. The van der Waals surface area contributed by atoms with Crippen molar-refractivity contribution in [3.8, 4) is 5.75 Å². The number of carbonyl (C=O) groups is 1. The van der Waals surface area contributed by atoms with E-state index in [4.69, 9.17) is 10.8 Å². The van der Waals surface area contributed by atoms with Crippen molar-refractivity contribution in [3.05, 3.63) is 29.5 Å². The Hall–Kier alpha value is -2.01. The predicted molar refractivity (Wildman–Crippen MR) is 64.0 cm³/mol. The van der Waals surface area contributed by atoms with E-state index in [0.717, 1.165) is 16.6 Å². The molecule has 0 saturated heterocycles. The first-order chi connectivity index (χ1) is 8.00. The molecule has 0 aliphatic carbocycles. The highest BCUT2D eigenvalue weighted by molar-refractivity contribution is 5.91. The maximum absolute atomic E-state index is 10.7. The van der Waals surface area contributed by atoms with Crippen LogP contribution in [-0.2, 0) is 11.2 Å². The first kappa shape index (κ1) is 11.5. The largest absolute Gasteiger partial charge is 0.507 e. The Kier molecular flexibility index (Phi) is 2.77. The number of rotatable bonds is 3. The summed E-state index contributed by atoms with van der Waals surface area (Å²) in [7, 11) is 0. The Bertz CT molecular complexity index is 574. The van der Waals surface area contributed by atoms with E-state index in [1.165, 1.54) is 0 Å². The fraction of sp³-hybridized carbons (Fsp3) is 0.250. The van der Waals surface area contributed by atoms with Gasteiger partial charge in [0.15, 0.2) is 0 Å². The molecule has 0 spiro atoms. The van der Waals surface area contributed by atoms with Crippen molar-refractivity contribution in [1.29, 1.82) is 0 Å². The lowest BCUT2D eigenvalue weighted by Crippen LogP contribution is -2.32. The molecule has 0 aliphatic heterocycles. The van der Waals surface area contributed by atoms with Crippen molar-refractivity contribution in [3.63, 3.8) is 0 Å². The van der Waals surface area contributed by atoms with Crippen LogP contribution in [0.1, 0.15) is 11.1 Å². The highest BCUT2D eigenvalue weighted by Crippen LogP contribution is 2.30. The summed E-state index contributed by atoms with van der Waals surface area (Å²) in [5.74, 6) is -0.911. The molecule has 2 rings (SSSR count). The Morgan fingerprint density at radius 3 is 2.88 bits per heavy atom. The summed E-state index contributed by atoms with van der Waals surface area (Å²) in [6, 6.07) is 2.44. The number of aromatic hydroxyl groups is 1. The Morgan fingerprint density at radius 2 is 2.24 bits per heavy atom. The molecular weight excluding hydrogens is 220 g/mol. The first-order valence-corrected chi connectivity index (χ1v) is 5.27. The number of carboxylic acids is 1. The van der Waals surface area contributed by atoms with Gasteiger partial charge in [-0.05, 0) is 24.1 Å². The second kappa shape index (κ2) is 4.10. The van der Waals surface area contributed by atoms with Crippen LogP contribution in [0.25, 0.3) is 10.9 Å². The van der Waals surface area contributed by atoms with E-state index in [2.05, 4.69) is 4.98 Å². The molecule has 5 heteroatoms. The Morgan fingerprint density at radius 1 is 1.53 bits per heavy atom. The van der Waals surface area contributed by atoms with Gasteiger partial charge in [-0.3, -0.25) is 4.79 Å². The number of aromatic nitrogens is 1. The molecule has 17 heavy (non-hydrogen) atoms. The number of nitrogens with two attached hydrogens (primary N) is 1. The van der Waals surface area contributed by atoms with E-state index in [9.17, 15) is 9.90 Å². The first-order valence-electron chi connectivity index (χ1n) is 5.27. The van der Waals surface area contributed by atoms with Gasteiger partial charge in [0, 0.05) is 18.0 Å². The van der Waals surface area contributed by atoms with Gasteiger partial charge in [-0.25, -0.2) is 0 Å². The summed E-state index contributed by atoms with van der Waals surface area (Å²) in [6.45, 7) is 1.92. The second-order valence-electron chi connectivity index (χ2n) is 4.11. The third-order valence-corrected chi connectivity index (χ3v) is 2.86. The van der Waals surface area contributed by atoms with Gasteiger partial charge in [-0.1, -0.05) is 6.07 Å². The maximum atomic E-state index is 10.7. The number of fused-ring (bicyclic) bond motifs is 1.